The Hall–Kier alpha value is -1.09. The van der Waals surface area contributed by atoms with Gasteiger partial charge in [0.15, 0.2) is 0 Å². The molecule has 86 valence electrons. The lowest BCUT2D eigenvalue weighted by Crippen LogP contribution is -2.55. The van der Waals surface area contributed by atoms with Crippen molar-refractivity contribution in [2.24, 2.45) is 0 Å². The number of hydrogen-bond donors (Lipinski definition) is 1. The summed E-state index contributed by atoms with van der Waals surface area (Å²) in [6.07, 6.45) is 3.84. The molecular formula is C13H17FN2. The molecule has 0 unspecified atom stereocenters. The minimum Gasteiger partial charge on any atom is -0.366 e. The van der Waals surface area contributed by atoms with Crippen LogP contribution in [0.4, 0.5) is 10.1 Å². The Morgan fingerprint density at radius 2 is 2.00 bits per heavy atom. The first-order valence-electron chi connectivity index (χ1n) is 6.10. The van der Waals surface area contributed by atoms with Crippen LogP contribution in [0.2, 0.25) is 0 Å². The number of nitrogens with one attached hydrogen (secondary N) is 1. The Bertz CT molecular complexity index is 363. The zero-order valence-corrected chi connectivity index (χ0v) is 9.32. The van der Waals surface area contributed by atoms with Crippen molar-refractivity contribution in [3.8, 4) is 0 Å². The van der Waals surface area contributed by atoms with Gasteiger partial charge in [-0.15, -0.1) is 0 Å². The first-order valence-corrected chi connectivity index (χ1v) is 6.10. The van der Waals surface area contributed by atoms with E-state index in [1.54, 1.807) is 12.1 Å². The van der Waals surface area contributed by atoms with Crippen molar-refractivity contribution in [3.63, 3.8) is 0 Å². The van der Waals surface area contributed by atoms with Gasteiger partial charge in [0.2, 0.25) is 0 Å². The molecule has 1 aromatic carbocycles. The molecule has 1 aliphatic carbocycles. The third-order valence-electron chi connectivity index (χ3n) is 3.80. The van der Waals surface area contributed by atoms with Gasteiger partial charge in [0.05, 0.1) is 0 Å². The van der Waals surface area contributed by atoms with Crippen LogP contribution in [-0.4, -0.2) is 25.2 Å². The van der Waals surface area contributed by atoms with Gasteiger partial charge in [0.1, 0.15) is 5.82 Å². The second kappa shape index (κ2) is 4.06. The molecule has 2 atom stereocenters. The summed E-state index contributed by atoms with van der Waals surface area (Å²) in [4.78, 5) is 2.44. The Balaban J connectivity index is 1.85. The van der Waals surface area contributed by atoms with Crippen molar-refractivity contribution in [2.45, 2.75) is 31.3 Å². The first-order chi connectivity index (χ1) is 7.84. The van der Waals surface area contributed by atoms with Gasteiger partial charge in [-0.3, -0.25) is 0 Å². The second-order valence-corrected chi connectivity index (χ2v) is 4.73. The molecule has 0 aromatic heterocycles. The Morgan fingerprint density at radius 1 is 1.19 bits per heavy atom. The van der Waals surface area contributed by atoms with Crippen molar-refractivity contribution in [2.75, 3.05) is 18.0 Å². The number of anilines is 1. The largest absolute Gasteiger partial charge is 0.366 e. The fourth-order valence-corrected chi connectivity index (χ4v) is 3.04. The molecule has 3 rings (SSSR count). The van der Waals surface area contributed by atoms with E-state index >= 15 is 0 Å². The van der Waals surface area contributed by atoms with Crippen LogP contribution in [0.1, 0.15) is 19.3 Å². The highest BCUT2D eigenvalue weighted by Gasteiger charge is 2.34. The molecule has 0 amide bonds. The molecule has 2 fully saturated rings. The smallest absolute Gasteiger partial charge is 0.123 e. The van der Waals surface area contributed by atoms with Gasteiger partial charge in [-0.25, -0.2) is 4.39 Å². The van der Waals surface area contributed by atoms with Crippen molar-refractivity contribution in [3.05, 3.63) is 30.1 Å². The van der Waals surface area contributed by atoms with Crippen LogP contribution >= 0.6 is 0 Å². The Morgan fingerprint density at radius 3 is 2.81 bits per heavy atom. The van der Waals surface area contributed by atoms with E-state index in [1.165, 1.54) is 24.9 Å². The fourth-order valence-electron chi connectivity index (χ4n) is 3.04. The average molecular weight is 220 g/mol. The zero-order valence-electron chi connectivity index (χ0n) is 9.32. The van der Waals surface area contributed by atoms with E-state index in [0.717, 1.165) is 13.1 Å². The molecule has 1 saturated carbocycles. The van der Waals surface area contributed by atoms with Crippen molar-refractivity contribution < 1.29 is 4.39 Å². The lowest BCUT2D eigenvalue weighted by molar-refractivity contribution is 0.404. The lowest BCUT2D eigenvalue weighted by Gasteiger charge is -2.40. The van der Waals surface area contributed by atoms with Gasteiger partial charge in [0.25, 0.3) is 0 Å². The van der Waals surface area contributed by atoms with Gasteiger partial charge in [-0.05, 0) is 43.5 Å². The monoisotopic (exact) mass is 220 g/mol. The van der Waals surface area contributed by atoms with E-state index < -0.39 is 0 Å². The number of halogens is 1. The summed E-state index contributed by atoms with van der Waals surface area (Å²) >= 11 is 0. The highest BCUT2D eigenvalue weighted by atomic mass is 19.1. The highest BCUT2D eigenvalue weighted by Crippen LogP contribution is 2.30. The predicted molar refractivity (Wildman–Crippen MR) is 63.2 cm³/mol. The molecule has 1 N–H and O–H groups in total. The third-order valence-corrected chi connectivity index (χ3v) is 3.80. The van der Waals surface area contributed by atoms with Gasteiger partial charge in [0, 0.05) is 30.9 Å². The van der Waals surface area contributed by atoms with E-state index in [1.807, 2.05) is 12.1 Å². The summed E-state index contributed by atoms with van der Waals surface area (Å²) in [5, 5.41) is 3.58. The number of benzene rings is 1. The summed E-state index contributed by atoms with van der Waals surface area (Å²) in [7, 11) is 0. The van der Waals surface area contributed by atoms with Crippen LogP contribution in [0.25, 0.3) is 0 Å². The number of rotatable bonds is 1. The molecule has 2 aliphatic rings. The summed E-state index contributed by atoms with van der Waals surface area (Å²) in [6.45, 7) is 2.07. The third kappa shape index (κ3) is 1.69. The zero-order chi connectivity index (χ0) is 11.0. The van der Waals surface area contributed by atoms with Crippen LogP contribution in [0.15, 0.2) is 24.3 Å². The van der Waals surface area contributed by atoms with E-state index in [4.69, 9.17) is 0 Å². The first kappa shape index (κ1) is 10.1. The van der Waals surface area contributed by atoms with Crippen molar-refractivity contribution in [1.29, 1.82) is 0 Å². The van der Waals surface area contributed by atoms with E-state index in [0.29, 0.717) is 12.1 Å². The molecule has 1 heterocycles. The summed E-state index contributed by atoms with van der Waals surface area (Å²) in [6, 6.07) is 8.16. The molecule has 1 saturated heterocycles. The van der Waals surface area contributed by atoms with E-state index in [-0.39, 0.29) is 5.82 Å². The SMILES string of the molecule is Fc1ccc(N2CCN[C@H]3CCC[C@H]32)cc1. The van der Waals surface area contributed by atoms with Gasteiger partial charge >= 0.3 is 0 Å². The Kier molecular flexibility index (Phi) is 2.56. The normalized spacial score (nSPS) is 29.2. The Labute approximate surface area is 95.4 Å². The van der Waals surface area contributed by atoms with Crippen molar-refractivity contribution in [1.82, 2.24) is 5.32 Å². The molecule has 0 radical (unpaired) electrons. The minimum atomic E-state index is -0.151. The summed E-state index contributed by atoms with van der Waals surface area (Å²) in [5.41, 5.74) is 1.17. The van der Waals surface area contributed by atoms with Crippen LogP contribution in [-0.2, 0) is 0 Å². The number of hydrogen-bond acceptors (Lipinski definition) is 2. The number of piperazine rings is 1. The second-order valence-electron chi connectivity index (χ2n) is 4.73. The highest BCUT2D eigenvalue weighted by molar-refractivity contribution is 5.48. The number of nitrogens with zero attached hydrogens (tertiary/aromatic N) is 1. The van der Waals surface area contributed by atoms with E-state index in [2.05, 4.69) is 10.2 Å². The minimum absolute atomic E-state index is 0.151. The molecule has 3 heteroatoms. The quantitative estimate of drug-likeness (QED) is 0.780. The maximum Gasteiger partial charge on any atom is 0.123 e. The van der Waals surface area contributed by atoms with Crippen LogP contribution in [0, 0.1) is 5.82 Å². The van der Waals surface area contributed by atoms with Gasteiger partial charge < -0.3 is 10.2 Å². The molecule has 16 heavy (non-hydrogen) atoms. The fraction of sp³-hybridized carbons (Fsp3) is 0.538. The maximum absolute atomic E-state index is 12.9. The lowest BCUT2D eigenvalue weighted by atomic mass is 10.1. The molecule has 0 spiro atoms. The molecule has 1 aromatic rings. The van der Waals surface area contributed by atoms with Crippen LogP contribution in [0.5, 0.6) is 0 Å². The van der Waals surface area contributed by atoms with Crippen molar-refractivity contribution >= 4 is 5.69 Å². The molecule has 2 nitrogen and oxygen atoms in total. The van der Waals surface area contributed by atoms with Crippen LogP contribution in [0.3, 0.4) is 0 Å². The predicted octanol–water partition coefficient (Wildman–Crippen LogP) is 2.16. The maximum atomic E-state index is 12.9. The molecule has 1 aliphatic heterocycles. The summed E-state index contributed by atoms with van der Waals surface area (Å²) < 4.78 is 12.9. The standard InChI is InChI=1S/C13H17FN2/c14-10-4-6-11(7-5-10)16-9-8-15-12-2-1-3-13(12)16/h4-7,12-13,15H,1-3,8-9H2/t12-,13+/m0/s1. The molecular weight excluding hydrogens is 203 g/mol. The van der Waals surface area contributed by atoms with Crippen LogP contribution < -0.4 is 10.2 Å². The average Bonchev–Trinajstić information content (AvgIpc) is 2.78. The topological polar surface area (TPSA) is 15.3 Å². The van der Waals surface area contributed by atoms with Gasteiger partial charge in [-0.1, -0.05) is 0 Å². The molecule has 0 bridgehead atoms. The number of fused-ring (bicyclic) bond motifs is 1. The van der Waals surface area contributed by atoms with E-state index in [9.17, 15) is 4.39 Å². The summed E-state index contributed by atoms with van der Waals surface area (Å²) in [5.74, 6) is -0.151. The van der Waals surface area contributed by atoms with Gasteiger partial charge in [-0.2, -0.15) is 0 Å².